The van der Waals surface area contributed by atoms with Crippen molar-refractivity contribution in [2.45, 2.75) is 0 Å². The zero-order chi connectivity index (χ0) is 33.0. The fourth-order valence-electron chi connectivity index (χ4n) is 6.27. The van der Waals surface area contributed by atoms with Crippen LogP contribution in [0.4, 0.5) is 0 Å². The molecule has 50 heavy (non-hydrogen) atoms. The molecular weight excluding hydrogens is 727 g/mol. The zero-order valence-electron chi connectivity index (χ0n) is 27.4. The predicted octanol–water partition coefficient (Wildman–Crippen LogP) is 6.68. The summed E-state index contributed by atoms with van der Waals surface area (Å²) in [6, 6.07) is 72.8. The maximum Gasteiger partial charge on any atom is -0.0285 e. The topological polar surface area (TPSA) is 0 Å². The molecule has 10 aromatic rings. The molecule has 0 unspecified atom stereocenters. The van der Waals surface area contributed by atoms with Crippen molar-refractivity contribution in [2.24, 2.45) is 0 Å². The van der Waals surface area contributed by atoms with Gasteiger partial charge in [0.25, 0.3) is 0 Å². The Morgan fingerprint density at radius 3 is 0.860 bits per heavy atom. The Kier molecular flexibility index (Phi) is 14.9. The van der Waals surface area contributed by atoms with Crippen molar-refractivity contribution in [3.63, 3.8) is 0 Å². The van der Waals surface area contributed by atoms with Gasteiger partial charge in [-0.2, -0.15) is 72.8 Å². The molecule has 0 saturated heterocycles. The molecule has 10 rings (SSSR count). The van der Waals surface area contributed by atoms with Gasteiger partial charge in [-0.05, 0) is 10.8 Å². The molecule has 0 radical (unpaired) electrons. The summed E-state index contributed by atoms with van der Waals surface area (Å²) in [5.74, 6) is 0. The second kappa shape index (κ2) is 19.5. The molecule has 0 aliphatic heterocycles. The van der Waals surface area contributed by atoms with E-state index in [0.717, 1.165) is 0 Å². The van der Waals surface area contributed by atoms with E-state index in [-0.39, 0.29) is 24.8 Å². The van der Waals surface area contributed by atoms with Crippen LogP contribution in [0.25, 0.3) is 64.6 Å². The summed E-state index contributed by atoms with van der Waals surface area (Å²) in [7, 11) is 0. The Hall–Kier alpha value is -4.65. The first kappa shape index (κ1) is 38.2. The van der Waals surface area contributed by atoms with Crippen LogP contribution in [-0.4, -0.2) is 4.21 Å². The zero-order valence-corrected chi connectivity index (χ0v) is 31.4. The van der Waals surface area contributed by atoms with E-state index in [1.807, 2.05) is 60.7 Å². The molecule has 244 valence electrons. The van der Waals surface area contributed by atoms with Crippen LogP contribution in [0, 0.1) is 12.1 Å². The fraction of sp³-hybridized carbons (Fsp3) is 0. The van der Waals surface area contributed by atoms with E-state index >= 15 is 0 Å². The Bertz CT molecular complexity index is 2130. The van der Waals surface area contributed by atoms with Crippen molar-refractivity contribution in [2.75, 3.05) is 0 Å². The van der Waals surface area contributed by atoms with E-state index in [4.69, 9.17) is 0 Å². The van der Waals surface area contributed by atoms with Gasteiger partial charge in [-0.1, -0.05) is 117 Å². The van der Waals surface area contributed by atoms with Crippen molar-refractivity contribution < 1.29 is 49.0 Å². The Morgan fingerprint density at radius 2 is 0.580 bits per heavy atom. The average molecular weight is 761 g/mol. The van der Waals surface area contributed by atoms with Crippen LogP contribution in [-0.2, 0) is 24.2 Å². The normalized spacial score (nSPS) is 9.88. The molecule has 0 heterocycles. The van der Waals surface area contributed by atoms with Crippen LogP contribution in [0.1, 0.15) is 0 Å². The quantitative estimate of drug-likeness (QED) is 0.120. The monoisotopic (exact) mass is 758 g/mol. The second-order valence-corrected chi connectivity index (χ2v) is 11.0. The molecule has 10 aromatic carbocycles. The van der Waals surface area contributed by atoms with Crippen LogP contribution >= 0.6 is 0 Å². The number of halogens is 2. The molecule has 0 spiro atoms. The summed E-state index contributed by atoms with van der Waals surface area (Å²) in [4.78, 5) is 0. The van der Waals surface area contributed by atoms with Crippen LogP contribution in [0.3, 0.4) is 0 Å². The largest absolute Gasteiger partial charge is 1.00 e. The van der Waals surface area contributed by atoms with E-state index in [9.17, 15) is 0 Å². The standard InChI is InChI=1S/2C17H11.2C6H5.CH2.2ClH.Zr/c2*1-3-8-14-12(6-1)13-7-2-4-9-15(13)17-11-5-10-16(14)17;2*1-2-4-6-5-3-1;;;;/h2*1-11H;2*1-5H;1H2;2*1H;/q4*-1;;;;+2/p-2. The first-order valence-corrected chi connectivity index (χ1v) is 17.7. The van der Waals surface area contributed by atoms with Gasteiger partial charge in [0, 0.05) is 0 Å². The van der Waals surface area contributed by atoms with Gasteiger partial charge in [0.2, 0.25) is 0 Å². The van der Waals surface area contributed by atoms with E-state index in [0.29, 0.717) is 0 Å². The number of hydrogen-bond acceptors (Lipinski definition) is 0. The van der Waals surface area contributed by atoms with Gasteiger partial charge in [-0.25, -0.2) is 0 Å². The predicted molar refractivity (Wildman–Crippen MR) is 207 cm³/mol. The average Bonchev–Trinajstić information content (AvgIpc) is 3.90. The first-order chi connectivity index (χ1) is 23.9. The summed E-state index contributed by atoms with van der Waals surface area (Å²) < 4.78 is 3.34. The molecule has 0 bridgehead atoms. The second-order valence-electron chi connectivity index (χ2n) is 11.0. The summed E-state index contributed by atoms with van der Waals surface area (Å²) in [5, 5.41) is 16.2. The van der Waals surface area contributed by atoms with Crippen molar-refractivity contribution in [3.05, 3.63) is 206 Å². The van der Waals surface area contributed by atoms with E-state index in [2.05, 4.69) is 150 Å². The maximum atomic E-state index is 3.34. The Labute approximate surface area is 321 Å². The minimum absolute atomic E-state index is 0. The number of hydrogen-bond donors (Lipinski definition) is 0. The van der Waals surface area contributed by atoms with Gasteiger partial charge in [-0.3, -0.25) is 0 Å². The summed E-state index contributed by atoms with van der Waals surface area (Å²) in [5.41, 5.74) is 0. The van der Waals surface area contributed by atoms with Crippen molar-refractivity contribution >= 4 is 68.8 Å². The van der Waals surface area contributed by atoms with Gasteiger partial charge >= 0.3 is 28.4 Å². The van der Waals surface area contributed by atoms with E-state index < -0.39 is 0 Å². The van der Waals surface area contributed by atoms with Crippen LogP contribution < -0.4 is 24.8 Å². The molecule has 0 aliphatic rings. The van der Waals surface area contributed by atoms with Gasteiger partial charge in [-0.15, -0.1) is 70.1 Å². The third kappa shape index (κ3) is 8.55. The molecule has 3 heteroatoms. The minimum atomic E-state index is 0. The van der Waals surface area contributed by atoms with E-state index in [1.54, 1.807) is 0 Å². The molecule has 0 saturated carbocycles. The minimum Gasteiger partial charge on any atom is -1.00 e. The molecule has 0 fully saturated rings. The summed E-state index contributed by atoms with van der Waals surface area (Å²) in [6.07, 6.45) is 0. The molecular formula is C47H34Cl2Zr-4. The number of benzene rings is 8. The number of rotatable bonds is 0. The van der Waals surface area contributed by atoms with Gasteiger partial charge in [0.1, 0.15) is 0 Å². The first-order valence-electron chi connectivity index (χ1n) is 16.0. The van der Waals surface area contributed by atoms with E-state index in [1.165, 1.54) is 88.9 Å². The maximum absolute atomic E-state index is 3.34. The third-order valence-corrected chi connectivity index (χ3v) is 8.30. The van der Waals surface area contributed by atoms with Gasteiger partial charge < -0.3 is 24.8 Å². The van der Waals surface area contributed by atoms with Crippen molar-refractivity contribution in [3.8, 4) is 0 Å². The summed E-state index contributed by atoms with van der Waals surface area (Å²) >= 11 is 1.30. The molecule has 0 amide bonds. The number of fused-ring (bicyclic) bond motifs is 12. The Morgan fingerprint density at radius 1 is 0.320 bits per heavy atom. The SMILES string of the molecule is [CH2]=[Zr+2].[Cl-].[Cl-].[c-]1ccccc1.[c-]1ccccc1.c1ccc2c(c1)c1cccc1c1[cH-]cccc21.c1ccc2c(c1)c1cccc1c1[cH-]cccc21. The Balaban J connectivity index is 0.000000160. The molecule has 0 aliphatic carbocycles. The van der Waals surface area contributed by atoms with Crippen LogP contribution in [0.15, 0.2) is 194 Å². The third-order valence-electron chi connectivity index (χ3n) is 8.30. The molecule has 0 N–H and O–H groups in total. The van der Waals surface area contributed by atoms with Gasteiger partial charge in [0.05, 0.1) is 0 Å². The molecule has 0 atom stereocenters. The van der Waals surface area contributed by atoms with Crippen LogP contribution in [0.5, 0.6) is 0 Å². The van der Waals surface area contributed by atoms with Crippen LogP contribution in [0.2, 0.25) is 0 Å². The van der Waals surface area contributed by atoms with Crippen molar-refractivity contribution in [1.29, 1.82) is 0 Å². The molecule has 0 aromatic heterocycles. The van der Waals surface area contributed by atoms with Gasteiger partial charge in [0.15, 0.2) is 0 Å². The smallest absolute Gasteiger partial charge is 0.0285 e. The summed E-state index contributed by atoms with van der Waals surface area (Å²) in [6.45, 7) is 0. The van der Waals surface area contributed by atoms with Crippen molar-refractivity contribution in [1.82, 2.24) is 0 Å². The molecule has 0 nitrogen and oxygen atoms in total. The fourth-order valence-corrected chi connectivity index (χ4v) is 6.27.